The summed E-state index contributed by atoms with van der Waals surface area (Å²) in [5.74, 6) is -1.96. The summed E-state index contributed by atoms with van der Waals surface area (Å²) in [6.07, 6.45) is 1.98. The normalized spacial score (nSPS) is 44.0. The van der Waals surface area contributed by atoms with Crippen molar-refractivity contribution in [2.45, 2.75) is 82.6 Å². The molecule has 4 aliphatic rings. The Balaban J connectivity index is 1.66. The average molecular weight is 420 g/mol. The number of ether oxygens (including phenoxy) is 5. The van der Waals surface area contributed by atoms with E-state index in [1.807, 2.05) is 13.0 Å². The number of allylic oxidation sites excluding steroid dienone is 1. The van der Waals surface area contributed by atoms with Crippen molar-refractivity contribution in [2.75, 3.05) is 6.61 Å². The second-order valence-corrected chi connectivity index (χ2v) is 8.94. The fraction of sp³-hybridized carbons (Fsp3) is 0.682. The minimum Gasteiger partial charge on any atom is -0.463 e. The van der Waals surface area contributed by atoms with E-state index in [1.54, 1.807) is 13.8 Å². The molecule has 8 heteroatoms. The van der Waals surface area contributed by atoms with Gasteiger partial charge in [-0.15, -0.1) is 0 Å². The lowest BCUT2D eigenvalue weighted by molar-refractivity contribution is -0.160. The number of hydrogen-bond acceptors (Lipinski definition) is 8. The zero-order chi connectivity index (χ0) is 21.8. The summed E-state index contributed by atoms with van der Waals surface area (Å²) in [6, 6.07) is 0. The molecule has 3 fully saturated rings. The standard InChI is InChI=1S/C22H28O8/c1-11-6-7-17-22(30-17,10-26-14(4)23)9-16(28-20(25)21(5)13(3)29-21)18-12(2)19(24)27-15(18)8-11/h8,13,15-18H,2,6-7,9-10H2,1,3-5H3/b11-8+/t13-,15-,16-,17-,18+,21+,22+/m1/s1. The van der Waals surface area contributed by atoms with Gasteiger partial charge in [-0.25, -0.2) is 9.59 Å². The third-order valence-corrected chi connectivity index (χ3v) is 6.69. The van der Waals surface area contributed by atoms with Crippen LogP contribution in [0.4, 0.5) is 0 Å². The molecule has 0 unspecified atom stereocenters. The molecule has 30 heavy (non-hydrogen) atoms. The molecule has 0 N–H and O–H groups in total. The van der Waals surface area contributed by atoms with Crippen molar-refractivity contribution in [3.05, 3.63) is 23.8 Å². The largest absolute Gasteiger partial charge is 0.463 e. The number of hydrogen-bond donors (Lipinski definition) is 0. The molecule has 0 bridgehead atoms. The topological polar surface area (TPSA) is 104 Å². The molecular formula is C22H28O8. The van der Waals surface area contributed by atoms with Gasteiger partial charge in [-0.05, 0) is 39.7 Å². The lowest BCUT2D eigenvalue weighted by Gasteiger charge is -2.29. The Morgan fingerprint density at radius 1 is 1.33 bits per heavy atom. The van der Waals surface area contributed by atoms with Gasteiger partial charge in [-0.1, -0.05) is 12.2 Å². The first kappa shape index (κ1) is 21.1. The molecule has 3 aliphatic heterocycles. The van der Waals surface area contributed by atoms with Crippen molar-refractivity contribution < 1.29 is 38.1 Å². The Morgan fingerprint density at radius 3 is 2.67 bits per heavy atom. The first-order valence-electron chi connectivity index (χ1n) is 10.3. The van der Waals surface area contributed by atoms with Crippen LogP contribution in [0.5, 0.6) is 0 Å². The lowest BCUT2D eigenvalue weighted by atomic mass is 9.82. The zero-order valence-corrected chi connectivity index (χ0v) is 17.8. The quantitative estimate of drug-likeness (QED) is 0.224. The van der Waals surface area contributed by atoms with Crippen LogP contribution in [0.25, 0.3) is 0 Å². The van der Waals surface area contributed by atoms with Crippen LogP contribution >= 0.6 is 0 Å². The van der Waals surface area contributed by atoms with Crippen LogP contribution in [-0.4, -0.2) is 60.1 Å². The van der Waals surface area contributed by atoms with Crippen LogP contribution in [0.1, 0.15) is 47.0 Å². The number of epoxide rings is 2. The first-order chi connectivity index (χ1) is 14.1. The van der Waals surface area contributed by atoms with Gasteiger partial charge in [0.05, 0.1) is 18.1 Å². The Hall–Kier alpha value is -2.19. The molecule has 0 aromatic rings. The molecule has 0 aromatic carbocycles. The van der Waals surface area contributed by atoms with Crippen LogP contribution in [0.2, 0.25) is 0 Å². The minimum absolute atomic E-state index is 0.0622. The molecule has 0 saturated carbocycles. The van der Waals surface area contributed by atoms with Gasteiger partial charge < -0.3 is 23.7 Å². The van der Waals surface area contributed by atoms with Crippen LogP contribution < -0.4 is 0 Å². The number of carbonyl (C=O) groups excluding carboxylic acids is 3. The SMILES string of the molecule is C=C1C(=O)O[C@@H]2/C=C(\C)CC[C@H]3O[C@]3(COC(C)=O)C[C@@H](OC(=O)[C@@]3(C)O[C@@H]3C)[C@@H]12. The lowest BCUT2D eigenvalue weighted by Crippen LogP contribution is -2.42. The summed E-state index contributed by atoms with van der Waals surface area (Å²) < 4.78 is 28.1. The van der Waals surface area contributed by atoms with Gasteiger partial charge in [0.15, 0.2) is 5.60 Å². The van der Waals surface area contributed by atoms with Crippen LogP contribution in [-0.2, 0) is 38.1 Å². The fourth-order valence-electron chi connectivity index (χ4n) is 4.45. The molecular weight excluding hydrogens is 392 g/mol. The smallest absolute Gasteiger partial charge is 0.341 e. The highest BCUT2D eigenvalue weighted by Crippen LogP contribution is 2.49. The molecule has 1 aliphatic carbocycles. The molecule has 0 aromatic heterocycles. The van der Waals surface area contributed by atoms with Crippen molar-refractivity contribution in [3.63, 3.8) is 0 Å². The van der Waals surface area contributed by atoms with E-state index in [9.17, 15) is 14.4 Å². The van der Waals surface area contributed by atoms with Crippen LogP contribution in [0, 0.1) is 5.92 Å². The Labute approximate surface area is 175 Å². The van der Waals surface area contributed by atoms with E-state index in [0.717, 1.165) is 18.4 Å². The molecule has 164 valence electrons. The second kappa shape index (κ2) is 7.20. The summed E-state index contributed by atoms with van der Waals surface area (Å²) in [5, 5.41) is 0. The second-order valence-electron chi connectivity index (χ2n) is 8.94. The van der Waals surface area contributed by atoms with Gasteiger partial charge in [0.1, 0.15) is 24.4 Å². The molecule has 7 atom stereocenters. The average Bonchev–Trinajstić information content (AvgIpc) is 3.50. The number of carbonyl (C=O) groups is 3. The van der Waals surface area contributed by atoms with Crippen molar-refractivity contribution in [1.29, 1.82) is 0 Å². The van der Waals surface area contributed by atoms with E-state index < -0.39 is 47.2 Å². The van der Waals surface area contributed by atoms with Crippen molar-refractivity contribution >= 4 is 17.9 Å². The first-order valence-corrected chi connectivity index (χ1v) is 10.3. The van der Waals surface area contributed by atoms with Crippen molar-refractivity contribution in [1.82, 2.24) is 0 Å². The predicted molar refractivity (Wildman–Crippen MR) is 103 cm³/mol. The van der Waals surface area contributed by atoms with Crippen molar-refractivity contribution in [2.24, 2.45) is 5.92 Å². The molecule has 8 nitrogen and oxygen atoms in total. The highest BCUT2D eigenvalue weighted by atomic mass is 16.7. The molecule has 3 heterocycles. The van der Waals surface area contributed by atoms with Crippen molar-refractivity contribution in [3.8, 4) is 0 Å². The zero-order valence-electron chi connectivity index (χ0n) is 17.8. The monoisotopic (exact) mass is 420 g/mol. The van der Waals surface area contributed by atoms with E-state index in [4.69, 9.17) is 23.7 Å². The molecule has 3 saturated heterocycles. The van der Waals surface area contributed by atoms with E-state index in [1.165, 1.54) is 6.92 Å². The third-order valence-electron chi connectivity index (χ3n) is 6.69. The van der Waals surface area contributed by atoms with Crippen LogP contribution in [0.15, 0.2) is 23.8 Å². The van der Waals surface area contributed by atoms with Gasteiger partial charge in [0, 0.05) is 18.9 Å². The molecule has 4 rings (SSSR count). The number of esters is 3. The third kappa shape index (κ3) is 3.67. The Kier molecular flexibility index (Phi) is 5.05. The summed E-state index contributed by atoms with van der Waals surface area (Å²) in [5.41, 5.74) is -0.463. The van der Waals surface area contributed by atoms with E-state index in [-0.39, 0.29) is 30.8 Å². The van der Waals surface area contributed by atoms with Gasteiger partial charge in [-0.2, -0.15) is 0 Å². The van der Waals surface area contributed by atoms with Gasteiger partial charge in [0.25, 0.3) is 0 Å². The van der Waals surface area contributed by atoms with Gasteiger partial charge in [0.2, 0.25) is 0 Å². The fourth-order valence-corrected chi connectivity index (χ4v) is 4.45. The highest BCUT2D eigenvalue weighted by molar-refractivity contribution is 5.91. The Bertz CT molecular complexity index is 831. The maximum Gasteiger partial charge on any atom is 0.341 e. The summed E-state index contributed by atoms with van der Waals surface area (Å²) in [4.78, 5) is 36.6. The predicted octanol–water partition coefficient (Wildman–Crippen LogP) is 2.00. The highest BCUT2D eigenvalue weighted by Gasteiger charge is 2.62. The summed E-state index contributed by atoms with van der Waals surface area (Å²) >= 11 is 0. The number of fused-ring (bicyclic) bond motifs is 2. The maximum absolute atomic E-state index is 12.8. The van der Waals surface area contributed by atoms with Crippen LogP contribution in [0.3, 0.4) is 0 Å². The summed E-state index contributed by atoms with van der Waals surface area (Å²) in [7, 11) is 0. The van der Waals surface area contributed by atoms with Gasteiger partial charge in [-0.3, -0.25) is 4.79 Å². The van der Waals surface area contributed by atoms with E-state index in [0.29, 0.717) is 0 Å². The molecule has 0 amide bonds. The molecule has 0 spiro atoms. The van der Waals surface area contributed by atoms with E-state index >= 15 is 0 Å². The maximum atomic E-state index is 12.8. The van der Waals surface area contributed by atoms with E-state index in [2.05, 4.69) is 6.58 Å². The molecule has 0 radical (unpaired) electrons. The Morgan fingerprint density at radius 2 is 2.03 bits per heavy atom. The number of rotatable bonds is 4. The minimum atomic E-state index is -1.01. The summed E-state index contributed by atoms with van der Waals surface area (Å²) in [6.45, 7) is 10.7. The van der Waals surface area contributed by atoms with Gasteiger partial charge >= 0.3 is 17.9 Å².